The number of sulfone groups is 1. The lowest BCUT2D eigenvalue weighted by Crippen LogP contribution is -2.06. The molecule has 0 aliphatic heterocycles. The normalized spacial score (nSPS) is 11.8. The molecular weight excluding hydrogens is 373 g/mol. The molecule has 6 nitrogen and oxygen atoms in total. The topological polar surface area (TPSA) is 111 Å². The van der Waals surface area contributed by atoms with Crippen LogP contribution in [0.3, 0.4) is 0 Å². The number of nitrogen functional groups attached to an aromatic ring is 1. The van der Waals surface area contributed by atoms with Gasteiger partial charge in [0.15, 0.2) is 0 Å². The van der Waals surface area contributed by atoms with E-state index in [1.165, 1.54) is 31.2 Å². The Hall–Kier alpha value is -2.58. The smallest absolute Gasteiger partial charge is 0.374 e. The van der Waals surface area contributed by atoms with Gasteiger partial charge in [-0.15, -0.1) is 0 Å². The lowest BCUT2D eigenvalue weighted by atomic mass is 10.1. The molecule has 0 saturated heterocycles. The number of fused-ring (bicyclic) bond motifs is 1. The molecule has 0 aliphatic carbocycles. The molecule has 0 saturated carbocycles. The highest BCUT2D eigenvalue weighted by Crippen LogP contribution is 2.37. The van der Waals surface area contributed by atoms with Crippen LogP contribution in [0.4, 0.5) is 10.1 Å². The number of carboxylic acid groups (broad SMARTS) is 1. The molecule has 9 heteroatoms. The zero-order chi connectivity index (χ0) is 18.5. The Morgan fingerprint density at radius 1 is 1.28 bits per heavy atom. The van der Waals surface area contributed by atoms with Crippen molar-refractivity contribution in [2.45, 2.75) is 16.7 Å². The minimum absolute atomic E-state index is 0.0324. The average molecular weight is 384 g/mol. The first-order valence-corrected chi connectivity index (χ1v) is 8.75. The van der Waals surface area contributed by atoms with Crippen molar-refractivity contribution in [1.82, 2.24) is 0 Å². The molecule has 1 aromatic heterocycles. The summed E-state index contributed by atoms with van der Waals surface area (Å²) in [4.78, 5) is 10.3. The Balaban J connectivity index is 2.32. The van der Waals surface area contributed by atoms with E-state index >= 15 is 0 Å². The molecule has 0 unspecified atom stereocenters. The summed E-state index contributed by atoms with van der Waals surface area (Å²) >= 11 is 5.74. The van der Waals surface area contributed by atoms with Crippen LogP contribution in [-0.4, -0.2) is 19.5 Å². The van der Waals surface area contributed by atoms with E-state index < -0.39 is 32.3 Å². The molecule has 25 heavy (non-hydrogen) atoms. The van der Waals surface area contributed by atoms with Gasteiger partial charge in [0.1, 0.15) is 16.3 Å². The Labute approximate surface area is 146 Å². The fraction of sp³-hybridized carbons (Fsp3) is 0.0625. The van der Waals surface area contributed by atoms with E-state index in [9.17, 15) is 17.6 Å². The van der Waals surface area contributed by atoms with Gasteiger partial charge in [-0.3, -0.25) is 0 Å². The van der Waals surface area contributed by atoms with Gasteiger partial charge in [-0.25, -0.2) is 17.6 Å². The summed E-state index contributed by atoms with van der Waals surface area (Å²) in [5.74, 6) is -3.03. The van der Waals surface area contributed by atoms with Crippen molar-refractivity contribution < 1.29 is 27.1 Å². The van der Waals surface area contributed by atoms with Crippen molar-refractivity contribution in [2.75, 3.05) is 5.73 Å². The summed E-state index contributed by atoms with van der Waals surface area (Å²) < 4.78 is 45.3. The van der Waals surface area contributed by atoms with E-state index in [1.54, 1.807) is 0 Å². The molecule has 0 amide bonds. The van der Waals surface area contributed by atoms with Gasteiger partial charge in [-0.05, 0) is 36.8 Å². The minimum atomic E-state index is -4.21. The number of halogens is 2. The van der Waals surface area contributed by atoms with Crippen molar-refractivity contribution >= 4 is 44.1 Å². The first-order valence-electron chi connectivity index (χ1n) is 6.89. The summed E-state index contributed by atoms with van der Waals surface area (Å²) in [6.07, 6.45) is 0. The summed E-state index contributed by atoms with van der Waals surface area (Å²) in [5, 5.41) is 9.42. The van der Waals surface area contributed by atoms with Crippen molar-refractivity contribution in [2.24, 2.45) is 0 Å². The van der Waals surface area contributed by atoms with Crippen LogP contribution in [0.2, 0.25) is 5.02 Å². The van der Waals surface area contributed by atoms with E-state index in [2.05, 4.69) is 0 Å². The van der Waals surface area contributed by atoms with Crippen LogP contribution in [-0.2, 0) is 9.84 Å². The molecule has 3 aromatic rings. The van der Waals surface area contributed by atoms with Gasteiger partial charge in [0, 0.05) is 11.1 Å². The number of hydrogen-bond donors (Lipinski definition) is 2. The fourth-order valence-electron chi connectivity index (χ4n) is 2.52. The number of rotatable bonds is 3. The maximum absolute atomic E-state index is 14.7. The average Bonchev–Trinajstić information content (AvgIpc) is 2.88. The van der Waals surface area contributed by atoms with Gasteiger partial charge in [-0.2, -0.15) is 0 Å². The summed E-state index contributed by atoms with van der Waals surface area (Å²) in [5.41, 5.74) is 5.20. The molecule has 0 radical (unpaired) electrons. The minimum Gasteiger partial charge on any atom is -0.475 e. The Bertz CT molecular complexity index is 1120. The van der Waals surface area contributed by atoms with Crippen LogP contribution in [0.15, 0.2) is 44.5 Å². The molecule has 0 spiro atoms. The Morgan fingerprint density at radius 2 is 1.88 bits per heavy atom. The number of aryl methyl sites for hydroxylation is 1. The van der Waals surface area contributed by atoms with Crippen LogP contribution in [0.5, 0.6) is 0 Å². The molecule has 3 rings (SSSR count). The number of aromatic carboxylic acids is 1. The van der Waals surface area contributed by atoms with Gasteiger partial charge in [0.05, 0.1) is 16.0 Å². The number of carbonyl (C=O) groups is 1. The van der Waals surface area contributed by atoms with E-state index in [1.807, 2.05) is 0 Å². The van der Waals surface area contributed by atoms with Gasteiger partial charge in [0.25, 0.3) is 0 Å². The Morgan fingerprint density at radius 3 is 2.44 bits per heavy atom. The van der Waals surface area contributed by atoms with Crippen molar-refractivity contribution in [3.8, 4) is 0 Å². The van der Waals surface area contributed by atoms with Gasteiger partial charge >= 0.3 is 5.97 Å². The first-order chi connectivity index (χ1) is 11.6. The molecule has 1 heterocycles. The highest BCUT2D eigenvalue weighted by Gasteiger charge is 2.28. The maximum Gasteiger partial charge on any atom is 0.374 e. The van der Waals surface area contributed by atoms with E-state index in [4.69, 9.17) is 26.9 Å². The summed E-state index contributed by atoms with van der Waals surface area (Å²) in [6.45, 7) is 1.30. The Kier molecular flexibility index (Phi) is 3.97. The highest BCUT2D eigenvalue weighted by molar-refractivity contribution is 7.91. The number of nitrogens with two attached hydrogens (primary N) is 1. The number of furan rings is 1. The lowest BCUT2D eigenvalue weighted by Gasteiger charge is -2.09. The van der Waals surface area contributed by atoms with Crippen LogP contribution in [0, 0.1) is 12.7 Å². The largest absolute Gasteiger partial charge is 0.475 e. The molecule has 0 bridgehead atoms. The van der Waals surface area contributed by atoms with E-state index in [0.29, 0.717) is 5.02 Å². The zero-order valence-electron chi connectivity index (χ0n) is 12.7. The number of hydrogen-bond acceptors (Lipinski definition) is 5. The standard InChI is InChI=1S/C16H11ClFNO5S/c1-7-12-10(24-15(14(12)19)16(20)21)6-11(13(7)18)25(22,23)9-4-2-8(17)3-5-9/h2-6H,19H2,1H3,(H,20,21). The molecule has 0 atom stereocenters. The van der Waals surface area contributed by atoms with Crippen LogP contribution < -0.4 is 5.73 Å². The predicted octanol–water partition coefficient (Wildman–Crippen LogP) is 3.65. The van der Waals surface area contributed by atoms with Gasteiger partial charge in [0.2, 0.25) is 15.6 Å². The second kappa shape index (κ2) is 5.75. The van der Waals surface area contributed by atoms with Crippen LogP contribution >= 0.6 is 11.6 Å². The van der Waals surface area contributed by atoms with Crippen LogP contribution in [0.25, 0.3) is 11.0 Å². The third-order valence-corrected chi connectivity index (χ3v) is 5.78. The second-order valence-electron chi connectivity index (χ2n) is 5.29. The maximum atomic E-state index is 14.7. The molecule has 3 N–H and O–H groups in total. The number of benzene rings is 2. The van der Waals surface area contributed by atoms with Gasteiger partial charge < -0.3 is 15.3 Å². The van der Waals surface area contributed by atoms with Crippen LogP contribution in [0.1, 0.15) is 16.1 Å². The molecular formula is C16H11ClFNO5S. The quantitative estimate of drug-likeness (QED) is 0.714. The highest BCUT2D eigenvalue weighted by atomic mass is 35.5. The molecule has 0 fully saturated rings. The number of carboxylic acids is 1. The van der Waals surface area contributed by atoms with E-state index in [-0.39, 0.29) is 27.1 Å². The zero-order valence-corrected chi connectivity index (χ0v) is 14.3. The third-order valence-electron chi connectivity index (χ3n) is 3.76. The molecule has 130 valence electrons. The van der Waals surface area contributed by atoms with Crippen molar-refractivity contribution in [3.63, 3.8) is 0 Å². The third kappa shape index (κ3) is 2.63. The second-order valence-corrected chi connectivity index (χ2v) is 7.65. The van der Waals surface area contributed by atoms with E-state index in [0.717, 1.165) is 6.07 Å². The van der Waals surface area contributed by atoms with Crippen molar-refractivity contribution in [1.29, 1.82) is 0 Å². The lowest BCUT2D eigenvalue weighted by molar-refractivity contribution is 0.0666. The first kappa shape index (κ1) is 17.2. The molecule has 0 aliphatic rings. The summed E-state index contributed by atoms with van der Waals surface area (Å²) in [7, 11) is -4.21. The fourth-order valence-corrected chi connectivity index (χ4v) is 4.05. The monoisotopic (exact) mass is 383 g/mol. The number of anilines is 1. The SMILES string of the molecule is Cc1c(F)c(S(=O)(=O)c2ccc(Cl)cc2)cc2oc(C(=O)O)c(N)c12. The predicted molar refractivity (Wildman–Crippen MR) is 89.2 cm³/mol. The van der Waals surface area contributed by atoms with Gasteiger partial charge in [-0.1, -0.05) is 11.6 Å². The summed E-state index contributed by atoms with van der Waals surface area (Å²) in [6, 6.07) is 6.16. The molecule has 2 aromatic carbocycles. The van der Waals surface area contributed by atoms with Crippen molar-refractivity contribution in [3.05, 3.63) is 52.5 Å².